The number of aromatic amines is 1. The van der Waals surface area contributed by atoms with Crippen molar-refractivity contribution in [2.45, 2.75) is 63.2 Å². The van der Waals surface area contributed by atoms with E-state index in [4.69, 9.17) is 14.3 Å². The van der Waals surface area contributed by atoms with Gasteiger partial charge in [0.15, 0.2) is 5.60 Å². The molecule has 2 atom stereocenters. The lowest BCUT2D eigenvalue weighted by molar-refractivity contribution is -0.122. The van der Waals surface area contributed by atoms with Gasteiger partial charge in [-0.25, -0.2) is 4.98 Å². The van der Waals surface area contributed by atoms with Crippen LogP contribution < -0.4 is 16.2 Å². The number of fused-ring (bicyclic) bond motifs is 1. The predicted molar refractivity (Wildman–Crippen MR) is 189 cm³/mol. The van der Waals surface area contributed by atoms with E-state index >= 15 is 0 Å². The van der Waals surface area contributed by atoms with Crippen molar-refractivity contribution in [1.29, 1.82) is 0 Å². The number of thiophene rings is 1. The van der Waals surface area contributed by atoms with Crippen LogP contribution >= 0.6 is 11.3 Å². The zero-order valence-electron chi connectivity index (χ0n) is 27.3. The van der Waals surface area contributed by atoms with Crippen molar-refractivity contribution in [2.75, 3.05) is 19.6 Å². The molecule has 0 unspecified atom stereocenters. The maximum absolute atomic E-state index is 12.0. The highest BCUT2D eigenvalue weighted by Crippen LogP contribution is 2.43. The lowest BCUT2D eigenvalue weighted by Crippen LogP contribution is -2.38. The Morgan fingerprint density at radius 3 is 2.49 bits per heavy atom. The van der Waals surface area contributed by atoms with E-state index in [1.807, 2.05) is 30.3 Å². The van der Waals surface area contributed by atoms with Gasteiger partial charge in [0.2, 0.25) is 11.4 Å². The molecule has 49 heavy (non-hydrogen) atoms. The molecule has 1 fully saturated rings. The first-order valence-corrected chi connectivity index (χ1v) is 17.5. The van der Waals surface area contributed by atoms with Crippen molar-refractivity contribution < 1.29 is 29.6 Å². The molecule has 0 radical (unpaired) electrons. The molecule has 6 rings (SSSR count). The number of aliphatic hydroxyl groups excluding tert-OH is 1. The normalized spacial score (nSPS) is 15.3. The topological polar surface area (TPSA) is 181 Å². The number of aromatic hydroxyl groups is 1. The number of hydrogen-bond acceptors (Lipinski definition) is 10. The highest BCUT2D eigenvalue weighted by molar-refractivity contribution is 7.11. The van der Waals surface area contributed by atoms with E-state index in [2.05, 4.69) is 32.7 Å². The van der Waals surface area contributed by atoms with Crippen molar-refractivity contribution >= 4 is 28.7 Å². The summed E-state index contributed by atoms with van der Waals surface area (Å²) in [6, 6.07) is 20.3. The molecule has 1 saturated carbocycles. The van der Waals surface area contributed by atoms with E-state index in [0.29, 0.717) is 41.9 Å². The Balaban J connectivity index is 0.00000151. The number of phenolic OH excluding ortho intramolecular Hbond substituents is 1. The van der Waals surface area contributed by atoms with Crippen LogP contribution in [0, 0.1) is 5.92 Å². The number of nitrogens with one attached hydrogen (secondary N) is 3. The number of phenols is 1. The molecule has 12 heteroatoms. The van der Waals surface area contributed by atoms with Gasteiger partial charge < -0.3 is 40.5 Å². The lowest BCUT2D eigenvalue weighted by Gasteiger charge is -2.36. The van der Waals surface area contributed by atoms with Crippen molar-refractivity contribution in [3.05, 3.63) is 116 Å². The molecule has 5 aromatic rings. The van der Waals surface area contributed by atoms with Gasteiger partial charge in [0.1, 0.15) is 11.5 Å². The fraction of sp³-hybridized carbons (Fsp3) is 0.378. The fourth-order valence-electron chi connectivity index (χ4n) is 6.53. The molecular formula is C37H44N4O7S. The molecule has 0 aliphatic heterocycles. The fourth-order valence-corrected chi connectivity index (χ4v) is 7.52. The summed E-state index contributed by atoms with van der Waals surface area (Å²) in [5.41, 5.74) is 0.315. The summed E-state index contributed by atoms with van der Waals surface area (Å²) in [4.78, 5) is 29.7. The number of benzene rings is 2. The van der Waals surface area contributed by atoms with Gasteiger partial charge in [-0.05, 0) is 54.7 Å². The molecule has 3 aromatic heterocycles. The number of hydrogen-bond donors (Lipinski definition) is 7. The van der Waals surface area contributed by atoms with Crippen molar-refractivity contribution in [3.8, 4) is 5.75 Å². The molecule has 0 amide bonds. The number of rotatable bonds is 14. The summed E-state index contributed by atoms with van der Waals surface area (Å²) >= 11 is 1.76. The number of aromatic nitrogens is 2. The average Bonchev–Trinajstić information content (AvgIpc) is 3.80. The van der Waals surface area contributed by atoms with E-state index in [9.17, 15) is 20.1 Å². The maximum atomic E-state index is 12.0. The van der Waals surface area contributed by atoms with E-state index in [1.165, 1.54) is 28.3 Å². The third-order valence-corrected chi connectivity index (χ3v) is 10.2. The monoisotopic (exact) mass is 688 g/mol. The number of pyridine rings is 1. The van der Waals surface area contributed by atoms with Crippen molar-refractivity contribution in [2.24, 2.45) is 5.92 Å². The minimum absolute atomic E-state index is 0.0202. The molecule has 0 bridgehead atoms. The number of nitrogens with zero attached hydrogens (tertiary/aromatic N) is 1. The van der Waals surface area contributed by atoms with Crippen LogP contribution in [0.1, 0.15) is 70.7 Å². The first-order valence-electron chi connectivity index (χ1n) is 16.7. The molecule has 0 spiro atoms. The van der Waals surface area contributed by atoms with Crippen LogP contribution in [0.4, 0.5) is 0 Å². The SMILES string of the molecule is O=CO.O=c1ccc2c([C@@H](O)CNCCc3ccc(CNCCc4cnc([C@](O)(c5ccccc5)C5CCCCC5)o4)s3)ccc(O)c2[nH]1. The van der Waals surface area contributed by atoms with Crippen LogP contribution in [0.3, 0.4) is 0 Å². The van der Waals surface area contributed by atoms with Crippen LogP contribution in [-0.4, -0.2) is 56.5 Å². The van der Waals surface area contributed by atoms with Gasteiger partial charge in [-0.1, -0.05) is 55.7 Å². The van der Waals surface area contributed by atoms with Crippen molar-refractivity contribution in [1.82, 2.24) is 20.6 Å². The molecule has 11 nitrogen and oxygen atoms in total. The summed E-state index contributed by atoms with van der Waals surface area (Å²) in [6.45, 7) is 2.30. The van der Waals surface area contributed by atoms with Crippen LogP contribution in [0.2, 0.25) is 0 Å². The number of carboxylic acid groups (broad SMARTS) is 1. The minimum Gasteiger partial charge on any atom is -0.506 e. The Morgan fingerprint density at radius 2 is 1.71 bits per heavy atom. The molecule has 7 N–H and O–H groups in total. The minimum atomic E-state index is -1.21. The van der Waals surface area contributed by atoms with E-state index < -0.39 is 11.7 Å². The van der Waals surface area contributed by atoms with Crippen molar-refractivity contribution in [3.63, 3.8) is 0 Å². The quantitative estimate of drug-likeness (QED) is 0.0620. The Labute approximate surface area is 288 Å². The smallest absolute Gasteiger partial charge is 0.290 e. The van der Waals surface area contributed by atoms with Gasteiger partial charge in [-0.2, -0.15) is 0 Å². The highest BCUT2D eigenvalue weighted by atomic mass is 32.1. The Bertz CT molecular complexity index is 1830. The van der Waals surface area contributed by atoms with Crippen LogP contribution in [0.5, 0.6) is 5.75 Å². The van der Waals surface area contributed by atoms with Gasteiger partial charge in [0.25, 0.3) is 6.47 Å². The van der Waals surface area contributed by atoms with E-state index in [1.54, 1.807) is 29.7 Å². The molecule has 1 aliphatic carbocycles. The summed E-state index contributed by atoms with van der Waals surface area (Å²) in [6.07, 6.45) is 7.87. The van der Waals surface area contributed by atoms with Gasteiger partial charge in [0, 0.05) is 59.7 Å². The Morgan fingerprint density at radius 1 is 0.980 bits per heavy atom. The lowest BCUT2D eigenvalue weighted by atomic mass is 9.73. The first kappa shape index (κ1) is 36.0. The molecular weight excluding hydrogens is 644 g/mol. The second kappa shape index (κ2) is 17.4. The summed E-state index contributed by atoms with van der Waals surface area (Å²) in [5.74, 6) is 1.24. The van der Waals surface area contributed by atoms with Gasteiger partial charge >= 0.3 is 0 Å². The summed E-state index contributed by atoms with van der Waals surface area (Å²) < 4.78 is 6.20. The van der Waals surface area contributed by atoms with Crippen LogP contribution in [0.15, 0.2) is 82.1 Å². The highest BCUT2D eigenvalue weighted by Gasteiger charge is 2.44. The Hall–Kier alpha value is -4.33. The van der Waals surface area contributed by atoms with Crippen LogP contribution in [0.25, 0.3) is 10.9 Å². The second-order valence-electron chi connectivity index (χ2n) is 12.3. The van der Waals surface area contributed by atoms with Gasteiger partial charge in [-0.3, -0.25) is 9.59 Å². The molecule has 0 saturated heterocycles. The molecule has 2 aromatic carbocycles. The summed E-state index contributed by atoms with van der Waals surface area (Å²) in [7, 11) is 0. The second-order valence-corrected chi connectivity index (χ2v) is 13.5. The largest absolute Gasteiger partial charge is 0.506 e. The Kier molecular flexibility index (Phi) is 12.7. The van der Waals surface area contributed by atoms with Gasteiger partial charge in [0.05, 0.1) is 17.8 Å². The number of carbonyl (C=O) groups is 1. The molecule has 3 heterocycles. The van der Waals surface area contributed by atoms with E-state index in [-0.39, 0.29) is 23.7 Å². The zero-order valence-corrected chi connectivity index (χ0v) is 28.1. The number of H-pyrrole nitrogens is 1. The first-order chi connectivity index (χ1) is 23.8. The van der Waals surface area contributed by atoms with Gasteiger partial charge in [-0.15, -0.1) is 11.3 Å². The van der Waals surface area contributed by atoms with Crippen LogP contribution in [-0.2, 0) is 29.8 Å². The molecule has 260 valence electrons. The van der Waals surface area contributed by atoms with E-state index in [0.717, 1.165) is 56.5 Å². The number of aliphatic hydroxyl groups is 2. The molecule has 1 aliphatic rings. The number of oxazole rings is 1. The maximum Gasteiger partial charge on any atom is 0.290 e. The zero-order chi connectivity index (χ0) is 34.6. The standard InChI is InChI=1S/C36H42N4O5S.CH2O2/c41-31-15-13-29(30-14-16-33(43)40-34(30)31)32(42)23-38-20-18-27-11-12-28(46-27)22-37-19-17-26-21-39-35(45-26)36(44,24-7-3-1-4-8-24)25-9-5-2-6-10-25;2-1-3/h1,3-4,7-8,11-16,21,25,32,37-38,41-42,44H,2,5-6,9-10,17-20,22-23H2,(H,40,43);1H,(H,2,3)/t32-,36-;/m0./s1. The third-order valence-electron chi connectivity index (χ3n) is 9.01. The third kappa shape index (κ3) is 9.02. The predicted octanol–water partition coefficient (Wildman–Crippen LogP) is 5.00. The summed E-state index contributed by atoms with van der Waals surface area (Å²) in [5, 5.41) is 47.2. The average molecular weight is 689 g/mol.